The first-order valence-corrected chi connectivity index (χ1v) is 5.02. The second-order valence-electron chi connectivity index (χ2n) is 3.68. The molecular weight excluding hydrogens is 206 g/mol. The number of benzene rings is 1. The molecule has 0 saturated carbocycles. The highest BCUT2D eigenvalue weighted by atomic mass is 16.5. The third-order valence-corrected chi connectivity index (χ3v) is 2.74. The number of methoxy groups -OCH3 is 2. The first kappa shape index (κ1) is 12.7. The maximum Gasteiger partial charge on any atom is 0.338 e. The first-order chi connectivity index (χ1) is 7.59. The quantitative estimate of drug-likeness (QED) is 0.781. The van der Waals surface area contributed by atoms with Crippen molar-refractivity contribution in [2.75, 3.05) is 20.8 Å². The lowest BCUT2D eigenvalue weighted by Crippen LogP contribution is -2.35. The fraction of sp³-hybridized carbons (Fsp3) is 0.417. The number of carbonyl (C=O) groups is 1. The number of ether oxygens (including phenoxy) is 2. The summed E-state index contributed by atoms with van der Waals surface area (Å²) in [7, 11) is 2.92. The third-order valence-electron chi connectivity index (χ3n) is 2.74. The Morgan fingerprint density at radius 2 is 2.00 bits per heavy atom. The predicted octanol–water partition coefficient (Wildman–Crippen LogP) is 1.29. The van der Waals surface area contributed by atoms with Crippen LogP contribution in [0.15, 0.2) is 24.3 Å². The second kappa shape index (κ2) is 5.09. The molecule has 0 aliphatic rings. The predicted molar refractivity (Wildman–Crippen MR) is 61.2 cm³/mol. The Kier molecular flexibility index (Phi) is 4.04. The molecule has 16 heavy (non-hydrogen) atoms. The smallest absolute Gasteiger partial charge is 0.338 e. The van der Waals surface area contributed by atoms with Crippen LogP contribution in [-0.4, -0.2) is 26.7 Å². The Balaban J connectivity index is 3.27. The molecule has 0 saturated heterocycles. The van der Waals surface area contributed by atoms with E-state index >= 15 is 0 Å². The van der Waals surface area contributed by atoms with E-state index in [-0.39, 0.29) is 12.5 Å². The highest BCUT2D eigenvalue weighted by Gasteiger charge is 2.29. The molecule has 88 valence electrons. The minimum atomic E-state index is -0.676. The molecule has 0 aliphatic carbocycles. The van der Waals surface area contributed by atoms with Gasteiger partial charge in [-0.1, -0.05) is 18.2 Å². The van der Waals surface area contributed by atoms with Crippen molar-refractivity contribution in [1.82, 2.24) is 0 Å². The van der Waals surface area contributed by atoms with Crippen LogP contribution in [0.4, 0.5) is 0 Å². The molecule has 0 heterocycles. The van der Waals surface area contributed by atoms with Crippen molar-refractivity contribution in [2.45, 2.75) is 12.5 Å². The number of hydrogen-bond donors (Lipinski definition) is 1. The van der Waals surface area contributed by atoms with Gasteiger partial charge in [0.05, 0.1) is 12.7 Å². The standard InChI is InChI=1S/C12H17NO3/c1-12(8-13,16-3)10-7-5-4-6-9(10)11(14)15-2/h4-7H,8,13H2,1-3H3. The van der Waals surface area contributed by atoms with E-state index in [0.29, 0.717) is 5.56 Å². The Morgan fingerprint density at radius 1 is 1.38 bits per heavy atom. The van der Waals surface area contributed by atoms with Crippen molar-refractivity contribution in [3.8, 4) is 0 Å². The van der Waals surface area contributed by atoms with Crippen LogP contribution in [0, 0.1) is 0 Å². The fourth-order valence-electron chi connectivity index (χ4n) is 1.54. The molecule has 0 radical (unpaired) electrons. The van der Waals surface area contributed by atoms with Gasteiger partial charge < -0.3 is 15.2 Å². The molecule has 0 aliphatic heterocycles. The van der Waals surface area contributed by atoms with Gasteiger partial charge in [0.15, 0.2) is 0 Å². The molecule has 0 fully saturated rings. The normalized spacial score (nSPS) is 14.2. The van der Waals surface area contributed by atoms with E-state index in [0.717, 1.165) is 5.56 Å². The lowest BCUT2D eigenvalue weighted by molar-refractivity contribution is 0.00839. The van der Waals surface area contributed by atoms with Crippen LogP contribution < -0.4 is 5.73 Å². The summed E-state index contributed by atoms with van der Waals surface area (Å²) < 4.78 is 10.1. The summed E-state index contributed by atoms with van der Waals surface area (Å²) in [4.78, 5) is 11.6. The molecule has 2 N–H and O–H groups in total. The van der Waals surface area contributed by atoms with E-state index < -0.39 is 5.60 Å². The molecule has 4 heteroatoms. The van der Waals surface area contributed by atoms with Crippen LogP contribution in [0.1, 0.15) is 22.8 Å². The summed E-state index contributed by atoms with van der Waals surface area (Å²) in [6, 6.07) is 7.15. The monoisotopic (exact) mass is 223 g/mol. The number of nitrogens with two attached hydrogens (primary N) is 1. The molecule has 1 aromatic rings. The Labute approximate surface area is 95.3 Å². The molecule has 0 amide bonds. The van der Waals surface area contributed by atoms with Gasteiger partial charge in [0.25, 0.3) is 0 Å². The summed E-state index contributed by atoms with van der Waals surface area (Å²) >= 11 is 0. The molecular formula is C12H17NO3. The van der Waals surface area contributed by atoms with Crippen molar-refractivity contribution >= 4 is 5.97 Å². The SMILES string of the molecule is COC(=O)c1ccccc1C(C)(CN)OC. The van der Waals surface area contributed by atoms with Gasteiger partial charge in [-0.3, -0.25) is 0 Å². The number of esters is 1. The van der Waals surface area contributed by atoms with Gasteiger partial charge in [-0.25, -0.2) is 4.79 Å². The second-order valence-corrected chi connectivity index (χ2v) is 3.68. The largest absolute Gasteiger partial charge is 0.465 e. The van der Waals surface area contributed by atoms with Gasteiger partial charge in [-0.05, 0) is 18.6 Å². The average Bonchev–Trinajstić information content (AvgIpc) is 2.37. The van der Waals surface area contributed by atoms with Crippen molar-refractivity contribution in [3.63, 3.8) is 0 Å². The Morgan fingerprint density at radius 3 is 2.50 bits per heavy atom. The highest BCUT2D eigenvalue weighted by Crippen LogP contribution is 2.27. The molecule has 1 atom stereocenters. The maximum atomic E-state index is 11.6. The van der Waals surface area contributed by atoms with Gasteiger partial charge in [-0.2, -0.15) is 0 Å². The van der Waals surface area contributed by atoms with E-state index in [1.807, 2.05) is 19.1 Å². The molecule has 1 aromatic carbocycles. The maximum absolute atomic E-state index is 11.6. The zero-order chi connectivity index (χ0) is 12.2. The molecule has 0 bridgehead atoms. The average molecular weight is 223 g/mol. The van der Waals surface area contributed by atoms with E-state index in [4.69, 9.17) is 15.2 Å². The molecule has 1 rings (SSSR count). The summed E-state index contributed by atoms with van der Waals surface area (Å²) in [6.45, 7) is 2.13. The van der Waals surface area contributed by atoms with Gasteiger partial charge >= 0.3 is 5.97 Å². The summed E-state index contributed by atoms with van der Waals surface area (Å²) in [6.07, 6.45) is 0. The Hall–Kier alpha value is -1.39. The van der Waals surface area contributed by atoms with Crippen LogP contribution in [-0.2, 0) is 15.1 Å². The molecule has 0 spiro atoms. The minimum absolute atomic E-state index is 0.289. The fourth-order valence-corrected chi connectivity index (χ4v) is 1.54. The van der Waals surface area contributed by atoms with E-state index in [1.165, 1.54) is 7.11 Å². The van der Waals surface area contributed by atoms with Crippen LogP contribution in [0.5, 0.6) is 0 Å². The van der Waals surface area contributed by atoms with Crippen LogP contribution in [0.2, 0.25) is 0 Å². The first-order valence-electron chi connectivity index (χ1n) is 5.02. The molecule has 4 nitrogen and oxygen atoms in total. The summed E-state index contributed by atoms with van der Waals surface area (Å²) in [5.74, 6) is -0.382. The summed E-state index contributed by atoms with van der Waals surface area (Å²) in [5.41, 5.74) is 6.24. The van der Waals surface area contributed by atoms with Gasteiger partial charge in [0.2, 0.25) is 0 Å². The highest BCUT2D eigenvalue weighted by molar-refractivity contribution is 5.91. The third kappa shape index (κ3) is 2.23. The van der Waals surface area contributed by atoms with E-state index in [1.54, 1.807) is 19.2 Å². The number of rotatable bonds is 4. The lowest BCUT2D eigenvalue weighted by atomic mass is 9.91. The minimum Gasteiger partial charge on any atom is -0.465 e. The van der Waals surface area contributed by atoms with Crippen molar-refractivity contribution < 1.29 is 14.3 Å². The zero-order valence-electron chi connectivity index (χ0n) is 9.82. The van der Waals surface area contributed by atoms with Gasteiger partial charge in [0.1, 0.15) is 5.60 Å². The van der Waals surface area contributed by atoms with Crippen LogP contribution in [0.25, 0.3) is 0 Å². The number of hydrogen-bond acceptors (Lipinski definition) is 4. The van der Waals surface area contributed by atoms with E-state index in [9.17, 15) is 4.79 Å². The van der Waals surface area contributed by atoms with Crippen molar-refractivity contribution in [1.29, 1.82) is 0 Å². The van der Waals surface area contributed by atoms with Crippen LogP contribution >= 0.6 is 0 Å². The number of carbonyl (C=O) groups excluding carboxylic acids is 1. The molecule has 0 aromatic heterocycles. The summed E-state index contributed by atoms with van der Waals surface area (Å²) in [5, 5.41) is 0. The molecule has 1 unspecified atom stereocenters. The lowest BCUT2D eigenvalue weighted by Gasteiger charge is -2.28. The zero-order valence-corrected chi connectivity index (χ0v) is 9.82. The van der Waals surface area contributed by atoms with Gasteiger partial charge in [-0.15, -0.1) is 0 Å². The van der Waals surface area contributed by atoms with Crippen LogP contribution in [0.3, 0.4) is 0 Å². The Bertz CT molecular complexity index is 372. The van der Waals surface area contributed by atoms with Crippen molar-refractivity contribution in [2.24, 2.45) is 5.73 Å². The van der Waals surface area contributed by atoms with Crippen molar-refractivity contribution in [3.05, 3.63) is 35.4 Å². The van der Waals surface area contributed by atoms with Gasteiger partial charge in [0, 0.05) is 13.7 Å². The van der Waals surface area contributed by atoms with E-state index in [2.05, 4.69) is 0 Å². The topological polar surface area (TPSA) is 61.5 Å².